The quantitative estimate of drug-likeness (QED) is 0.369. The van der Waals surface area contributed by atoms with Gasteiger partial charge >= 0.3 is 12.2 Å². The van der Waals surface area contributed by atoms with Gasteiger partial charge in [0.05, 0.1) is 19.2 Å². The van der Waals surface area contributed by atoms with Gasteiger partial charge in [-0.25, -0.2) is 14.1 Å². The summed E-state index contributed by atoms with van der Waals surface area (Å²) in [6.45, 7) is 13.3. The molecule has 0 fully saturated rings. The molecule has 208 valence electrons. The SMILES string of the molecule is COC[C@@H](Cc1cc2c(N(Cc3cccs3)C(=O)OC(C)(C)C)nc(Cl)nn2c1C)NC(=O)OC(C)(C)C. The lowest BCUT2D eigenvalue weighted by Gasteiger charge is -2.27. The molecule has 3 aromatic heterocycles. The predicted octanol–water partition coefficient (Wildman–Crippen LogP) is 5.78. The van der Waals surface area contributed by atoms with Crippen LogP contribution in [0.5, 0.6) is 0 Å². The van der Waals surface area contributed by atoms with Gasteiger partial charge in [-0.1, -0.05) is 6.07 Å². The zero-order valence-electron chi connectivity index (χ0n) is 23.1. The summed E-state index contributed by atoms with van der Waals surface area (Å²) in [6, 6.07) is 5.38. The van der Waals surface area contributed by atoms with Gasteiger partial charge in [0.2, 0.25) is 5.28 Å². The van der Waals surface area contributed by atoms with E-state index in [4.69, 9.17) is 25.8 Å². The second-order valence-corrected chi connectivity index (χ2v) is 12.3. The number of methoxy groups -OCH3 is 1. The summed E-state index contributed by atoms with van der Waals surface area (Å²) in [4.78, 5) is 32.6. The molecular formula is C26H36ClN5O5S. The van der Waals surface area contributed by atoms with Gasteiger partial charge in [-0.2, -0.15) is 4.98 Å². The third-order valence-corrected chi connectivity index (χ3v) is 6.27. The summed E-state index contributed by atoms with van der Waals surface area (Å²) in [5.74, 6) is 0.324. The molecule has 38 heavy (non-hydrogen) atoms. The number of anilines is 1. The second kappa shape index (κ2) is 11.9. The highest BCUT2D eigenvalue weighted by molar-refractivity contribution is 7.09. The molecule has 3 heterocycles. The Labute approximate surface area is 232 Å². The van der Waals surface area contributed by atoms with Crippen molar-refractivity contribution in [1.82, 2.24) is 19.9 Å². The van der Waals surface area contributed by atoms with Crippen molar-refractivity contribution in [1.29, 1.82) is 0 Å². The van der Waals surface area contributed by atoms with Gasteiger partial charge < -0.3 is 19.5 Å². The van der Waals surface area contributed by atoms with E-state index in [1.54, 1.807) is 32.4 Å². The highest BCUT2D eigenvalue weighted by Crippen LogP contribution is 2.29. The fraction of sp³-hybridized carbons (Fsp3) is 0.538. The number of rotatable bonds is 8. The van der Waals surface area contributed by atoms with E-state index in [1.807, 2.05) is 51.3 Å². The van der Waals surface area contributed by atoms with Crippen LogP contribution in [0.15, 0.2) is 23.6 Å². The van der Waals surface area contributed by atoms with Gasteiger partial charge in [0.25, 0.3) is 0 Å². The van der Waals surface area contributed by atoms with Gasteiger partial charge in [0.15, 0.2) is 5.82 Å². The average Bonchev–Trinajstić information content (AvgIpc) is 3.38. The smallest absolute Gasteiger partial charge is 0.416 e. The lowest BCUT2D eigenvalue weighted by atomic mass is 10.1. The largest absolute Gasteiger partial charge is 0.444 e. The molecule has 0 saturated carbocycles. The second-order valence-electron chi connectivity index (χ2n) is 10.9. The molecule has 0 radical (unpaired) electrons. The van der Waals surface area contributed by atoms with Crippen LogP contribution >= 0.6 is 22.9 Å². The Morgan fingerprint density at radius 2 is 1.87 bits per heavy atom. The van der Waals surface area contributed by atoms with Crippen LogP contribution in [0.1, 0.15) is 57.7 Å². The number of amides is 2. The number of thiophene rings is 1. The Morgan fingerprint density at radius 1 is 1.18 bits per heavy atom. The van der Waals surface area contributed by atoms with E-state index in [2.05, 4.69) is 15.4 Å². The average molecular weight is 566 g/mol. The number of nitrogens with one attached hydrogen (secondary N) is 1. The molecule has 12 heteroatoms. The number of ether oxygens (including phenoxy) is 3. The summed E-state index contributed by atoms with van der Waals surface area (Å²) in [5.41, 5.74) is 0.913. The minimum atomic E-state index is -0.707. The first-order chi connectivity index (χ1) is 17.7. The fourth-order valence-electron chi connectivity index (χ4n) is 3.78. The zero-order chi connectivity index (χ0) is 28.3. The molecule has 1 atom stereocenters. The zero-order valence-corrected chi connectivity index (χ0v) is 24.7. The molecule has 0 unspecified atom stereocenters. The molecule has 3 aromatic rings. The van der Waals surface area contributed by atoms with Crippen LogP contribution in [0.3, 0.4) is 0 Å². The number of aryl methyl sites for hydroxylation is 1. The molecule has 0 spiro atoms. The van der Waals surface area contributed by atoms with Crippen molar-refractivity contribution in [2.45, 2.75) is 78.7 Å². The number of alkyl carbamates (subject to hydrolysis) is 1. The van der Waals surface area contributed by atoms with Gasteiger partial charge in [-0.05, 0) is 89.6 Å². The van der Waals surface area contributed by atoms with Crippen LogP contribution in [-0.4, -0.2) is 57.7 Å². The Kier molecular flexibility index (Phi) is 9.27. The van der Waals surface area contributed by atoms with Crippen molar-refractivity contribution in [3.05, 3.63) is 45.0 Å². The molecule has 0 bridgehead atoms. The van der Waals surface area contributed by atoms with Crippen molar-refractivity contribution in [3.8, 4) is 0 Å². The standard InChI is InChI=1S/C26H36ClN5O5S/c1-16-17(12-18(15-35-8)28-23(33)36-25(2,3)4)13-20-21(29-22(27)30-32(16)20)31(14-19-10-9-11-38-19)24(34)37-26(5,6)7/h9-11,13,18H,12,14-15H2,1-8H3,(H,28,33)/t18-/m1/s1. The summed E-state index contributed by atoms with van der Waals surface area (Å²) < 4.78 is 18.1. The Balaban J connectivity index is 2.01. The first kappa shape index (κ1) is 29.7. The molecule has 1 N–H and O–H groups in total. The summed E-state index contributed by atoms with van der Waals surface area (Å²) in [5, 5.41) is 9.19. The van der Waals surface area contributed by atoms with Crippen molar-refractivity contribution < 1.29 is 23.8 Å². The number of hydrogen-bond donors (Lipinski definition) is 1. The van der Waals surface area contributed by atoms with Gasteiger partial charge in [0.1, 0.15) is 16.7 Å². The summed E-state index contributed by atoms with van der Waals surface area (Å²) in [7, 11) is 1.57. The van der Waals surface area contributed by atoms with Gasteiger partial charge in [-0.15, -0.1) is 16.4 Å². The Bertz CT molecular complexity index is 1260. The molecule has 10 nitrogen and oxygen atoms in total. The topological polar surface area (TPSA) is 107 Å². The van der Waals surface area contributed by atoms with E-state index in [0.29, 0.717) is 17.8 Å². The van der Waals surface area contributed by atoms with Crippen molar-refractivity contribution >= 4 is 46.5 Å². The monoisotopic (exact) mass is 565 g/mol. The first-order valence-corrected chi connectivity index (χ1v) is 13.5. The van der Waals surface area contributed by atoms with E-state index in [-0.39, 0.29) is 24.5 Å². The molecule has 0 aliphatic rings. The fourth-order valence-corrected chi connectivity index (χ4v) is 4.63. The highest BCUT2D eigenvalue weighted by atomic mass is 35.5. The number of fused-ring (bicyclic) bond motifs is 1. The summed E-state index contributed by atoms with van der Waals surface area (Å²) in [6.07, 6.45) is -0.653. The first-order valence-electron chi connectivity index (χ1n) is 12.2. The Morgan fingerprint density at radius 3 is 2.45 bits per heavy atom. The number of hydrogen-bond acceptors (Lipinski definition) is 8. The lowest BCUT2D eigenvalue weighted by molar-refractivity contribution is 0.0468. The summed E-state index contributed by atoms with van der Waals surface area (Å²) >= 11 is 7.87. The van der Waals surface area contributed by atoms with E-state index in [1.165, 1.54) is 16.2 Å². The van der Waals surface area contributed by atoms with Crippen LogP contribution in [0.25, 0.3) is 5.52 Å². The molecule has 0 aliphatic heterocycles. The number of carbonyl (C=O) groups excluding carboxylic acids is 2. The van der Waals surface area contributed by atoms with Crippen molar-refractivity contribution in [2.75, 3.05) is 18.6 Å². The number of aromatic nitrogens is 3. The molecule has 0 aromatic carbocycles. The van der Waals surface area contributed by atoms with E-state index >= 15 is 0 Å². The molecule has 0 aliphatic carbocycles. The number of carbonyl (C=O) groups is 2. The lowest BCUT2D eigenvalue weighted by Crippen LogP contribution is -2.42. The maximum absolute atomic E-state index is 13.3. The maximum atomic E-state index is 13.3. The molecule has 0 saturated heterocycles. The minimum absolute atomic E-state index is 0.0159. The minimum Gasteiger partial charge on any atom is -0.444 e. The predicted molar refractivity (Wildman–Crippen MR) is 148 cm³/mol. The molecule has 3 rings (SSSR count). The van der Waals surface area contributed by atoms with Gasteiger partial charge in [0, 0.05) is 17.7 Å². The van der Waals surface area contributed by atoms with Crippen LogP contribution < -0.4 is 10.2 Å². The van der Waals surface area contributed by atoms with Crippen molar-refractivity contribution in [2.24, 2.45) is 0 Å². The van der Waals surface area contributed by atoms with Crippen LogP contribution in [-0.2, 0) is 27.2 Å². The van der Waals surface area contributed by atoms with Crippen LogP contribution in [0, 0.1) is 6.92 Å². The number of halogens is 1. The Hall–Kier alpha value is -2.89. The highest BCUT2D eigenvalue weighted by Gasteiger charge is 2.29. The van der Waals surface area contributed by atoms with Crippen molar-refractivity contribution in [3.63, 3.8) is 0 Å². The maximum Gasteiger partial charge on any atom is 0.416 e. The van der Waals surface area contributed by atoms with Gasteiger partial charge in [-0.3, -0.25) is 4.90 Å². The third kappa shape index (κ3) is 8.05. The molecule has 2 amide bonds. The van der Waals surface area contributed by atoms with Crippen LogP contribution in [0.4, 0.5) is 15.4 Å². The van der Waals surface area contributed by atoms with E-state index < -0.39 is 23.4 Å². The normalized spacial score (nSPS) is 12.9. The van der Waals surface area contributed by atoms with E-state index in [0.717, 1.165) is 16.1 Å². The van der Waals surface area contributed by atoms with Crippen LogP contribution in [0.2, 0.25) is 5.28 Å². The number of nitrogens with zero attached hydrogens (tertiary/aromatic N) is 4. The third-order valence-electron chi connectivity index (χ3n) is 5.25. The molecular weight excluding hydrogens is 530 g/mol. The van der Waals surface area contributed by atoms with E-state index in [9.17, 15) is 9.59 Å².